The number of aromatic nitrogens is 3. The van der Waals surface area contributed by atoms with Gasteiger partial charge in [0.05, 0.1) is 6.04 Å². The zero-order valence-corrected chi connectivity index (χ0v) is 12.2. The fourth-order valence-electron chi connectivity index (χ4n) is 2.39. The van der Waals surface area contributed by atoms with Crippen LogP contribution in [0.4, 0.5) is 4.39 Å². The molecule has 1 N–H and O–H groups in total. The molecule has 2 aromatic rings. The third-order valence-electron chi connectivity index (χ3n) is 3.52. The summed E-state index contributed by atoms with van der Waals surface area (Å²) in [5.74, 6) is 1.57. The highest BCUT2D eigenvalue weighted by Gasteiger charge is 2.22. The van der Waals surface area contributed by atoms with Crippen molar-refractivity contribution in [1.29, 1.82) is 0 Å². The molecule has 0 radical (unpaired) electrons. The molecule has 106 valence electrons. The van der Waals surface area contributed by atoms with Crippen molar-refractivity contribution in [3.8, 4) is 0 Å². The lowest BCUT2D eigenvalue weighted by atomic mass is 10.2. The molecule has 4 nitrogen and oxygen atoms in total. The van der Waals surface area contributed by atoms with E-state index in [1.54, 1.807) is 23.9 Å². The number of thioether (sulfide) groups is 1. The van der Waals surface area contributed by atoms with Crippen molar-refractivity contribution in [1.82, 2.24) is 20.1 Å². The van der Waals surface area contributed by atoms with E-state index in [0.717, 1.165) is 35.3 Å². The molecule has 0 saturated carbocycles. The van der Waals surface area contributed by atoms with E-state index >= 15 is 0 Å². The Labute approximate surface area is 121 Å². The molecule has 0 bridgehead atoms. The predicted octanol–water partition coefficient (Wildman–Crippen LogP) is 2.67. The third kappa shape index (κ3) is 2.86. The van der Waals surface area contributed by atoms with E-state index in [1.807, 2.05) is 7.05 Å². The van der Waals surface area contributed by atoms with Gasteiger partial charge in [0.1, 0.15) is 5.82 Å². The molecule has 1 saturated heterocycles. The molecule has 20 heavy (non-hydrogen) atoms. The van der Waals surface area contributed by atoms with E-state index in [4.69, 9.17) is 0 Å². The molecular formula is C14H17FN4S. The first-order valence-electron chi connectivity index (χ1n) is 6.74. The molecule has 1 atom stereocenters. The fraction of sp³-hybridized carbons (Fsp3) is 0.429. The number of benzene rings is 1. The average molecular weight is 292 g/mol. The van der Waals surface area contributed by atoms with Crippen LogP contribution in [-0.2, 0) is 12.8 Å². The van der Waals surface area contributed by atoms with Crippen molar-refractivity contribution in [2.75, 3.05) is 6.54 Å². The van der Waals surface area contributed by atoms with E-state index in [0.29, 0.717) is 6.04 Å². The van der Waals surface area contributed by atoms with E-state index < -0.39 is 0 Å². The molecule has 1 aliphatic rings. The first-order valence-corrected chi connectivity index (χ1v) is 7.72. The highest BCUT2D eigenvalue weighted by Crippen LogP contribution is 2.26. The van der Waals surface area contributed by atoms with Crippen LogP contribution in [0, 0.1) is 5.82 Å². The smallest absolute Gasteiger partial charge is 0.191 e. The van der Waals surface area contributed by atoms with Crippen LogP contribution in [0.1, 0.15) is 30.3 Å². The molecule has 1 unspecified atom stereocenters. The van der Waals surface area contributed by atoms with Gasteiger partial charge in [0.15, 0.2) is 11.0 Å². The Bertz CT molecular complexity index is 575. The lowest BCUT2D eigenvalue weighted by molar-refractivity contribution is 0.569. The van der Waals surface area contributed by atoms with Crippen LogP contribution in [0.5, 0.6) is 0 Å². The summed E-state index contributed by atoms with van der Waals surface area (Å²) in [6.07, 6.45) is 2.31. The standard InChI is InChI=1S/C14H17FN4S/c1-19-13(12-3-2-8-16-12)17-18-14(19)20-9-10-4-6-11(15)7-5-10/h4-7,12,16H,2-3,8-9H2,1H3. The minimum absolute atomic E-state index is 0.202. The van der Waals surface area contributed by atoms with Gasteiger partial charge in [0.2, 0.25) is 0 Å². The zero-order valence-electron chi connectivity index (χ0n) is 11.3. The Morgan fingerprint density at radius 2 is 2.15 bits per heavy atom. The molecule has 0 amide bonds. The predicted molar refractivity (Wildman–Crippen MR) is 76.9 cm³/mol. The summed E-state index contributed by atoms with van der Waals surface area (Å²) < 4.78 is 14.9. The zero-order chi connectivity index (χ0) is 13.9. The van der Waals surface area contributed by atoms with Crippen molar-refractivity contribution >= 4 is 11.8 Å². The Hall–Kier alpha value is -1.40. The van der Waals surface area contributed by atoms with Crippen molar-refractivity contribution in [2.45, 2.75) is 29.8 Å². The van der Waals surface area contributed by atoms with Gasteiger partial charge < -0.3 is 9.88 Å². The Morgan fingerprint density at radius 1 is 1.35 bits per heavy atom. The molecule has 1 aromatic heterocycles. The molecule has 0 aliphatic carbocycles. The van der Waals surface area contributed by atoms with Crippen molar-refractivity contribution in [2.24, 2.45) is 7.05 Å². The van der Waals surface area contributed by atoms with Gasteiger partial charge in [-0.25, -0.2) is 4.39 Å². The second kappa shape index (κ2) is 5.93. The lowest BCUT2D eigenvalue weighted by Crippen LogP contribution is -2.17. The van der Waals surface area contributed by atoms with Gasteiger partial charge in [0.25, 0.3) is 0 Å². The largest absolute Gasteiger partial charge is 0.308 e. The summed E-state index contributed by atoms with van der Waals surface area (Å²) in [4.78, 5) is 0. The third-order valence-corrected chi connectivity index (χ3v) is 4.61. The maximum absolute atomic E-state index is 12.8. The monoisotopic (exact) mass is 292 g/mol. The van der Waals surface area contributed by atoms with Crippen LogP contribution in [0.15, 0.2) is 29.4 Å². The van der Waals surface area contributed by atoms with E-state index in [2.05, 4.69) is 20.1 Å². The Morgan fingerprint density at radius 3 is 2.85 bits per heavy atom. The second-order valence-corrected chi connectivity index (χ2v) is 5.91. The molecule has 1 aromatic carbocycles. The van der Waals surface area contributed by atoms with Crippen molar-refractivity contribution in [3.63, 3.8) is 0 Å². The summed E-state index contributed by atoms with van der Waals surface area (Å²) in [7, 11) is 2.00. The van der Waals surface area contributed by atoms with Gasteiger partial charge in [-0.15, -0.1) is 10.2 Å². The Kier molecular flexibility index (Phi) is 4.03. The first kappa shape index (κ1) is 13.6. The van der Waals surface area contributed by atoms with Crippen molar-refractivity contribution in [3.05, 3.63) is 41.5 Å². The van der Waals surface area contributed by atoms with E-state index in [9.17, 15) is 4.39 Å². The second-order valence-electron chi connectivity index (χ2n) is 4.96. The number of nitrogens with zero attached hydrogens (tertiary/aromatic N) is 3. The fourth-order valence-corrected chi connectivity index (χ4v) is 3.26. The van der Waals surface area contributed by atoms with Gasteiger partial charge in [-0.3, -0.25) is 0 Å². The molecule has 6 heteroatoms. The summed E-state index contributed by atoms with van der Waals surface area (Å²) >= 11 is 1.62. The highest BCUT2D eigenvalue weighted by atomic mass is 32.2. The quantitative estimate of drug-likeness (QED) is 0.880. The van der Waals surface area contributed by atoms with Crippen LogP contribution < -0.4 is 5.32 Å². The van der Waals surface area contributed by atoms with E-state index in [1.165, 1.54) is 18.6 Å². The first-order chi connectivity index (χ1) is 9.74. The van der Waals surface area contributed by atoms with Gasteiger partial charge in [-0.1, -0.05) is 23.9 Å². The molecule has 0 spiro atoms. The number of halogens is 1. The number of nitrogens with one attached hydrogen (secondary N) is 1. The maximum atomic E-state index is 12.8. The summed E-state index contributed by atoms with van der Waals surface area (Å²) in [6, 6.07) is 6.91. The summed E-state index contributed by atoms with van der Waals surface area (Å²) in [5, 5.41) is 12.9. The van der Waals surface area contributed by atoms with Crippen LogP contribution in [0.3, 0.4) is 0 Å². The molecule has 1 aliphatic heterocycles. The van der Waals surface area contributed by atoms with Crippen LogP contribution in [-0.4, -0.2) is 21.3 Å². The van der Waals surface area contributed by atoms with Crippen LogP contribution in [0.25, 0.3) is 0 Å². The van der Waals surface area contributed by atoms with Crippen molar-refractivity contribution < 1.29 is 4.39 Å². The maximum Gasteiger partial charge on any atom is 0.191 e. The topological polar surface area (TPSA) is 42.7 Å². The van der Waals surface area contributed by atoms with Crippen LogP contribution in [0.2, 0.25) is 0 Å². The number of hydrogen-bond acceptors (Lipinski definition) is 4. The number of rotatable bonds is 4. The molecule has 2 heterocycles. The molecular weight excluding hydrogens is 275 g/mol. The lowest BCUT2D eigenvalue weighted by Gasteiger charge is -2.09. The highest BCUT2D eigenvalue weighted by molar-refractivity contribution is 7.98. The van der Waals surface area contributed by atoms with Crippen LogP contribution >= 0.6 is 11.8 Å². The van der Waals surface area contributed by atoms with E-state index in [-0.39, 0.29) is 5.82 Å². The normalized spacial score (nSPS) is 18.6. The summed E-state index contributed by atoms with van der Waals surface area (Å²) in [5.41, 5.74) is 1.08. The summed E-state index contributed by atoms with van der Waals surface area (Å²) in [6.45, 7) is 1.05. The number of hydrogen-bond donors (Lipinski definition) is 1. The molecule has 1 fully saturated rings. The SMILES string of the molecule is Cn1c(SCc2ccc(F)cc2)nnc1C1CCCN1. The Balaban J connectivity index is 1.67. The molecule has 3 rings (SSSR count). The minimum Gasteiger partial charge on any atom is -0.308 e. The van der Waals surface area contributed by atoms with Gasteiger partial charge >= 0.3 is 0 Å². The van der Waals surface area contributed by atoms with Gasteiger partial charge in [0, 0.05) is 12.8 Å². The average Bonchev–Trinajstić information content (AvgIpc) is 3.08. The van der Waals surface area contributed by atoms with Gasteiger partial charge in [-0.05, 0) is 37.1 Å². The minimum atomic E-state index is -0.202. The van der Waals surface area contributed by atoms with Gasteiger partial charge in [-0.2, -0.15) is 0 Å².